The van der Waals surface area contributed by atoms with E-state index in [1.165, 1.54) is 11.5 Å². The molecule has 3 N–H and O–H groups in total. The summed E-state index contributed by atoms with van der Waals surface area (Å²) in [5.74, 6) is 0. The second kappa shape index (κ2) is 3.95. The quantitative estimate of drug-likeness (QED) is 0.792. The van der Waals surface area contributed by atoms with E-state index in [1.54, 1.807) is 0 Å². The number of aryl methyl sites for hydroxylation is 1. The van der Waals surface area contributed by atoms with E-state index in [2.05, 4.69) is 15.8 Å². The molecule has 14 heavy (non-hydrogen) atoms. The first kappa shape index (κ1) is 11.0. The first-order valence-electron chi connectivity index (χ1n) is 4.33. The van der Waals surface area contributed by atoms with Gasteiger partial charge in [-0.2, -0.15) is 9.64 Å². The lowest BCUT2D eigenvalue weighted by molar-refractivity contribution is 0.550. The molecule has 0 aromatic carbocycles. The fourth-order valence-electron chi connectivity index (χ4n) is 0.930. The molecule has 0 radical (unpaired) electrons. The molecular weight excluding hydrogens is 196 g/mol. The fraction of sp³-hybridized carbons (Fsp3) is 0.556. The van der Waals surface area contributed by atoms with Crippen LogP contribution in [0.15, 0.2) is 0 Å². The largest absolute Gasteiger partial charge is 0.373 e. The van der Waals surface area contributed by atoms with Crippen LogP contribution in [0.4, 0.5) is 5.00 Å². The normalized spacial score (nSPS) is 11.1. The van der Waals surface area contributed by atoms with Gasteiger partial charge in [0.05, 0.1) is 5.69 Å². The topological polar surface area (TPSA) is 74.7 Å². The highest BCUT2D eigenvalue weighted by Crippen LogP contribution is 2.23. The van der Waals surface area contributed by atoms with Gasteiger partial charge in [0.1, 0.15) is 16.6 Å². The summed E-state index contributed by atoms with van der Waals surface area (Å²) >= 11 is 1.30. The van der Waals surface area contributed by atoms with Crippen LogP contribution in [0, 0.1) is 18.3 Å². The minimum Gasteiger partial charge on any atom is -0.373 e. The average Bonchev–Trinajstić information content (AvgIpc) is 2.41. The highest BCUT2D eigenvalue weighted by Gasteiger charge is 2.14. The Balaban J connectivity index is 2.74. The summed E-state index contributed by atoms with van der Waals surface area (Å²) < 4.78 is 4.10. The van der Waals surface area contributed by atoms with Gasteiger partial charge in [-0.3, -0.25) is 0 Å². The van der Waals surface area contributed by atoms with E-state index in [0.29, 0.717) is 12.1 Å². The zero-order chi connectivity index (χ0) is 10.8. The summed E-state index contributed by atoms with van der Waals surface area (Å²) in [7, 11) is 0. The van der Waals surface area contributed by atoms with E-state index in [0.717, 1.165) is 10.7 Å². The second-order valence-corrected chi connectivity index (χ2v) is 4.70. The molecule has 0 amide bonds. The average molecular weight is 210 g/mol. The molecule has 4 nitrogen and oxygen atoms in total. The smallest absolute Gasteiger partial charge is 0.127 e. The predicted molar refractivity (Wildman–Crippen MR) is 58.3 cm³/mol. The fourth-order valence-corrected chi connectivity index (χ4v) is 1.67. The highest BCUT2D eigenvalue weighted by atomic mass is 32.1. The van der Waals surface area contributed by atoms with Crippen LogP contribution in [0.5, 0.6) is 0 Å². The number of hydrogen-bond donors (Lipinski definition) is 2. The molecule has 0 unspecified atom stereocenters. The summed E-state index contributed by atoms with van der Waals surface area (Å²) in [4.78, 5) is 0. The number of nitrogens with zero attached hydrogens (tertiary/aromatic N) is 2. The van der Waals surface area contributed by atoms with Crippen LogP contribution in [0.25, 0.3) is 0 Å². The Kier molecular flexibility index (Phi) is 3.09. The maximum atomic E-state index is 8.86. The molecule has 0 fully saturated rings. The highest BCUT2D eigenvalue weighted by molar-refractivity contribution is 7.10. The predicted octanol–water partition coefficient (Wildman–Crippen LogP) is 1.47. The van der Waals surface area contributed by atoms with E-state index >= 15 is 0 Å². The summed E-state index contributed by atoms with van der Waals surface area (Å²) in [6, 6.07) is 2.12. The number of nitrogens with two attached hydrogens (primary N) is 1. The van der Waals surface area contributed by atoms with Crippen molar-refractivity contribution in [3.05, 3.63) is 11.3 Å². The molecule has 0 aliphatic heterocycles. The van der Waals surface area contributed by atoms with Gasteiger partial charge in [-0.15, -0.1) is 0 Å². The van der Waals surface area contributed by atoms with Crippen molar-refractivity contribution in [3.63, 3.8) is 0 Å². The summed E-state index contributed by atoms with van der Waals surface area (Å²) in [6.07, 6.45) is 0. The van der Waals surface area contributed by atoms with Gasteiger partial charge >= 0.3 is 0 Å². The van der Waals surface area contributed by atoms with E-state index < -0.39 is 0 Å². The van der Waals surface area contributed by atoms with Gasteiger partial charge in [-0.25, -0.2) is 0 Å². The van der Waals surface area contributed by atoms with Gasteiger partial charge in [0.2, 0.25) is 0 Å². The third-order valence-corrected chi connectivity index (χ3v) is 2.58. The second-order valence-electron chi connectivity index (χ2n) is 3.93. The Morgan fingerprint density at radius 1 is 1.64 bits per heavy atom. The van der Waals surface area contributed by atoms with Crippen LogP contribution in [0.2, 0.25) is 0 Å². The van der Waals surface area contributed by atoms with Crippen LogP contribution >= 0.6 is 11.5 Å². The maximum absolute atomic E-state index is 8.86. The van der Waals surface area contributed by atoms with Crippen molar-refractivity contribution >= 4 is 16.5 Å². The van der Waals surface area contributed by atoms with Crippen LogP contribution in [-0.4, -0.2) is 16.5 Å². The van der Waals surface area contributed by atoms with E-state index in [4.69, 9.17) is 11.0 Å². The Morgan fingerprint density at radius 2 is 2.29 bits per heavy atom. The molecule has 0 aliphatic rings. The molecule has 76 valence electrons. The van der Waals surface area contributed by atoms with Crippen LogP contribution in [0.3, 0.4) is 0 Å². The third-order valence-electron chi connectivity index (χ3n) is 1.68. The molecule has 1 heterocycles. The number of aromatic nitrogens is 1. The lowest BCUT2D eigenvalue weighted by Gasteiger charge is -2.18. The molecule has 0 bridgehead atoms. The molecular formula is C9H14N4S. The van der Waals surface area contributed by atoms with Gasteiger partial charge in [0, 0.05) is 12.1 Å². The molecule has 0 spiro atoms. The van der Waals surface area contributed by atoms with Crippen molar-refractivity contribution < 1.29 is 0 Å². The van der Waals surface area contributed by atoms with Gasteiger partial charge < -0.3 is 11.1 Å². The minimum atomic E-state index is -0.287. The van der Waals surface area contributed by atoms with Crippen molar-refractivity contribution in [1.29, 1.82) is 5.26 Å². The molecule has 0 saturated heterocycles. The first-order chi connectivity index (χ1) is 6.44. The van der Waals surface area contributed by atoms with Crippen molar-refractivity contribution in [2.45, 2.75) is 26.3 Å². The first-order valence-corrected chi connectivity index (χ1v) is 5.10. The van der Waals surface area contributed by atoms with Crippen molar-refractivity contribution in [3.8, 4) is 6.07 Å². The standard InChI is InChI=1S/C9H14N4S/c1-6-7(4-10)8(14-13-6)12-5-9(2,3)11/h12H,5,11H2,1-3H3. The Morgan fingerprint density at radius 3 is 2.79 bits per heavy atom. The number of anilines is 1. The summed E-state index contributed by atoms with van der Waals surface area (Å²) in [5, 5.41) is 12.8. The number of hydrogen-bond acceptors (Lipinski definition) is 5. The SMILES string of the molecule is Cc1nsc(NCC(C)(C)N)c1C#N. The van der Waals surface area contributed by atoms with E-state index in [-0.39, 0.29) is 5.54 Å². The molecule has 1 aromatic rings. The van der Waals surface area contributed by atoms with Crippen molar-refractivity contribution in [2.75, 3.05) is 11.9 Å². The van der Waals surface area contributed by atoms with Gasteiger partial charge in [0.15, 0.2) is 0 Å². The Bertz CT molecular complexity index is 356. The zero-order valence-electron chi connectivity index (χ0n) is 8.59. The Labute approximate surface area is 87.9 Å². The lowest BCUT2D eigenvalue weighted by atomic mass is 10.1. The summed E-state index contributed by atoms with van der Waals surface area (Å²) in [6.45, 7) is 6.32. The molecule has 1 rings (SSSR count). The lowest BCUT2D eigenvalue weighted by Crippen LogP contribution is -2.39. The van der Waals surface area contributed by atoms with Crippen LogP contribution in [-0.2, 0) is 0 Å². The van der Waals surface area contributed by atoms with Crippen LogP contribution in [0.1, 0.15) is 25.1 Å². The van der Waals surface area contributed by atoms with Gasteiger partial charge in [-0.1, -0.05) is 0 Å². The molecule has 0 aliphatic carbocycles. The minimum absolute atomic E-state index is 0.287. The number of nitrogens with one attached hydrogen (secondary N) is 1. The third kappa shape index (κ3) is 2.69. The van der Waals surface area contributed by atoms with E-state index in [9.17, 15) is 0 Å². The van der Waals surface area contributed by atoms with Gasteiger partial charge in [-0.05, 0) is 32.3 Å². The van der Waals surface area contributed by atoms with Crippen molar-refractivity contribution in [2.24, 2.45) is 5.73 Å². The molecule has 0 atom stereocenters. The molecule has 5 heteroatoms. The molecule has 1 aromatic heterocycles. The van der Waals surface area contributed by atoms with Crippen LogP contribution < -0.4 is 11.1 Å². The zero-order valence-corrected chi connectivity index (χ0v) is 9.40. The van der Waals surface area contributed by atoms with E-state index in [1.807, 2.05) is 20.8 Å². The monoisotopic (exact) mass is 210 g/mol. The molecule has 0 saturated carbocycles. The summed E-state index contributed by atoms with van der Waals surface area (Å²) in [5.41, 5.74) is 6.93. The number of rotatable bonds is 3. The van der Waals surface area contributed by atoms with Gasteiger partial charge in [0.25, 0.3) is 0 Å². The Hall–Kier alpha value is -1.12. The van der Waals surface area contributed by atoms with Crippen molar-refractivity contribution in [1.82, 2.24) is 4.37 Å². The number of nitriles is 1. The maximum Gasteiger partial charge on any atom is 0.127 e.